The molecule has 1 amide bonds. The molecule has 3 aromatic rings. The fourth-order valence-electron chi connectivity index (χ4n) is 3.93. The first kappa shape index (κ1) is 27.1. The molecule has 200 valence electrons. The van der Waals surface area contributed by atoms with Gasteiger partial charge in [-0.05, 0) is 36.8 Å². The van der Waals surface area contributed by atoms with E-state index in [4.69, 9.17) is 9.47 Å². The molecule has 0 spiro atoms. The number of ether oxygens (including phenoxy) is 2. The van der Waals surface area contributed by atoms with Gasteiger partial charge in [0.1, 0.15) is 5.75 Å². The van der Waals surface area contributed by atoms with Crippen molar-refractivity contribution in [1.29, 1.82) is 0 Å². The van der Waals surface area contributed by atoms with Crippen LogP contribution in [0.3, 0.4) is 0 Å². The number of aromatic nitrogens is 1. The number of nitrogens with zero attached hydrogens (tertiary/aromatic N) is 3. The minimum Gasteiger partial charge on any atom is -0.497 e. The van der Waals surface area contributed by atoms with Crippen molar-refractivity contribution < 1.29 is 40.6 Å². The summed E-state index contributed by atoms with van der Waals surface area (Å²) >= 11 is 1.11. The zero-order valence-corrected chi connectivity index (χ0v) is 20.5. The van der Waals surface area contributed by atoms with E-state index >= 15 is 0 Å². The molecular weight excluding hydrogens is 524 g/mol. The molecule has 1 aliphatic heterocycles. The van der Waals surface area contributed by atoms with E-state index in [1.54, 1.807) is 18.2 Å². The lowest BCUT2D eigenvalue weighted by atomic mass is 10.0. The van der Waals surface area contributed by atoms with Crippen LogP contribution in [-0.2, 0) is 17.1 Å². The summed E-state index contributed by atoms with van der Waals surface area (Å²) in [6.07, 6.45) is -9.70. The van der Waals surface area contributed by atoms with Crippen molar-refractivity contribution in [3.05, 3.63) is 53.1 Å². The zero-order valence-electron chi connectivity index (χ0n) is 19.7. The number of alkyl halides is 6. The quantitative estimate of drug-likeness (QED) is 0.355. The molecule has 4 rings (SSSR count). The average molecular weight is 548 g/mol. The van der Waals surface area contributed by atoms with Gasteiger partial charge in [0.05, 0.1) is 41.7 Å². The monoisotopic (exact) mass is 547 g/mol. The summed E-state index contributed by atoms with van der Waals surface area (Å²) in [5.74, 6) is -0.480. The van der Waals surface area contributed by atoms with Crippen molar-refractivity contribution in [2.75, 3.05) is 51.4 Å². The number of hydrogen-bond acceptors (Lipinski definition) is 6. The van der Waals surface area contributed by atoms with Crippen LogP contribution < -0.4 is 9.64 Å². The molecule has 6 nitrogen and oxygen atoms in total. The molecule has 37 heavy (non-hydrogen) atoms. The number of rotatable bonds is 7. The van der Waals surface area contributed by atoms with Crippen LogP contribution in [0.25, 0.3) is 10.2 Å². The lowest BCUT2D eigenvalue weighted by molar-refractivity contribution is -0.143. The first-order valence-electron chi connectivity index (χ1n) is 11.3. The number of fused-ring (bicyclic) bond motifs is 1. The third-order valence-corrected chi connectivity index (χ3v) is 6.91. The smallest absolute Gasteiger partial charge is 0.416 e. The summed E-state index contributed by atoms with van der Waals surface area (Å²) in [4.78, 5) is 21.2. The van der Waals surface area contributed by atoms with Gasteiger partial charge in [-0.15, -0.1) is 0 Å². The van der Waals surface area contributed by atoms with E-state index in [2.05, 4.69) is 9.88 Å². The van der Waals surface area contributed by atoms with Crippen LogP contribution in [-0.4, -0.2) is 62.3 Å². The number of thiazole rings is 1. The fraction of sp³-hybridized carbons (Fsp3) is 0.417. The van der Waals surface area contributed by atoms with E-state index < -0.39 is 35.0 Å². The molecule has 1 aromatic heterocycles. The maximum absolute atomic E-state index is 13.5. The van der Waals surface area contributed by atoms with Crippen LogP contribution >= 0.6 is 11.3 Å². The van der Waals surface area contributed by atoms with E-state index in [-0.39, 0.29) is 17.7 Å². The second-order valence-corrected chi connectivity index (χ2v) is 9.40. The zero-order chi connectivity index (χ0) is 26.8. The summed E-state index contributed by atoms with van der Waals surface area (Å²) in [5, 5.41) is 0.168. The van der Waals surface area contributed by atoms with Crippen molar-refractivity contribution in [1.82, 2.24) is 9.88 Å². The van der Waals surface area contributed by atoms with E-state index in [9.17, 15) is 31.1 Å². The van der Waals surface area contributed by atoms with E-state index in [0.29, 0.717) is 67.4 Å². The Kier molecular flexibility index (Phi) is 7.95. The second kappa shape index (κ2) is 10.8. The highest BCUT2D eigenvalue weighted by Crippen LogP contribution is 2.37. The average Bonchev–Trinajstić information content (AvgIpc) is 3.28. The van der Waals surface area contributed by atoms with Crippen LogP contribution in [0.4, 0.5) is 31.5 Å². The topological polar surface area (TPSA) is 54.9 Å². The van der Waals surface area contributed by atoms with Gasteiger partial charge >= 0.3 is 12.4 Å². The summed E-state index contributed by atoms with van der Waals surface area (Å²) in [6, 6.07) is 5.95. The molecule has 1 saturated heterocycles. The Morgan fingerprint density at radius 3 is 2.30 bits per heavy atom. The predicted octanol–water partition coefficient (Wildman–Crippen LogP) is 5.71. The van der Waals surface area contributed by atoms with E-state index in [1.807, 2.05) is 0 Å². The Bertz CT molecular complexity index is 1220. The molecule has 0 atom stereocenters. The SMILES string of the molecule is COc1ccc2sc(N(CCCN3CCOCC3)C(=O)c3cc(C(F)(F)F)cc(C(F)(F)F)c3)nc2c1. The lowest BCUT2D eigenvalue weighted by Crippen LogP contribution is -2.39. The van der Waals surface area contributed by atoms with Gasteiger partial charge in [-0.3, -0.25) is 14.6 Å². The number of morpholine rings is 1. The van der Waals surface area contributed by atoms with E-state index in [1.165, 1.54) is 7.11 Å². The molecule has 1 fully saturated rings. The number of hydrogen-bond donors (Lipinski definition) is 0. The third-order valence-electron chi connectivity index (χ3n) is 5.85. The molecule has 0 saturated carbocycles. The highest BCUT2D eigenvalue weighted by molar-refractivity contribution is 7.22. The number of halogens is 6. The number of carbonyl (C=O) groups excluding carboxylic acids is 1. The molecule has 0 aliphatic carbocycles. The normalized spacial score (nSPS) is 15.2. The lowest BCUT2D eigenvalue weighted by Gasteiger charge is -2.28. The molecule has 13 heteroatoms. The maximum atomic E-state index is 13.5. The Labute approximate surface area is 212 Å². The highest BCUT2D eigenvalue weighted by atomic mass is 32.1. The van der Waals surface area contributed by atoms with Crippen molar-refractivity contribution in [3.8, 4) is 5.75 Å². The summed E-state index contributed by atoms with van der Waals surface area (Å²) < 4.78 is 91.7. The molecule has 0 unspecified atom stereocenters. The Hall–Kier alpha value is -2.90. The summed E-state index contributed by atoms with van der Waals surface area (Å²) in [5.41, 5.74) is -3.32. The molecule has 2 heterocycles. The minimum atomic E-state index is -5.07. The summed E-state index contributed by atoms with van der Waals surface area (Å²) in [7, 11) is 1.47. The Balaban J connectivity index is 1.70. The van der Waals surface area contributed by atoms with Crippen LogP contribution in [0.15, 0.2) is 36.4 Å². The van der Waals surface area contributed by atoms with Crippen molar-refractivity contribution in [3.63, 3.8) is 0 Å². The van der Waals surface area contributed by atoms with E-state index in [0.717, 1.165) is 16.2 Å². The standard InChI is InChI=1S/C24H23F6N3O3S/c1-35-18-3-4-20-19(14-18)31-22(37-20)33(6-2-5-32-7-9-36-10-8-32)21(34)15-11-16(23(25,26)27)13-17(12-15)24(28,29)30/h3-4,11-14H,2,5-10H2,1H3. The Morgan fingerprint density at radius 1 is 1.05 bits per heavy atom. The fourth-order valence-corrected chi connectivity index (χ4v) is 4.90. The molecule has 1 aliphatic rings. The van der Waals surface area contributed by atoms with Crippen LogP contribution in [0, 0.1) is 0 Å². The van der Waals surface area contributed by atoms with Gasteiger partial charge in [-0.1, -0.05) is 11.3 Å². The largest absolute Gasteiger partial charge is 0.497 e. The number of methoxy groups -OCH3 is 1. The number of anilines is 1. The number of amides is 1. The minimum absolute atomic E-state index is 0.00348. The van der Waals surface area contributed by atoms with Gasteiger partial charge in [0.2, 0.25) is 0 Å². The van der Waals surface area contributed by atoms with Crippen molar-refractivity contribution >= 4 is 32.6 Å². The highest BCUT2D eigenvalue weighted by Gasteiger charge is 2.38. The van der Waals surface area contributed by atoms with Gasteiger partial charge in [0, 0.05) is 37.8 Å². The Morgan fingerprint density at radius 2 is 1.70 bits per heavy atom. The number of carbonyl (C=O) groups is 1. The van der Waals surface area contributed by atoms with Crippen LogP contribution in [0.1, 0.15) is 27.9 Å². The van der Waals surface area contributed by atoms with Gasteiger partial charge < -0.3 is 9.47 Å². The molecule has 2 aromatic carbocycles. The van der Waals surface area contributed by atoms with Gasteiger partial charge in [0.15, 0.2) is 5.13 Å². The molecular formula is C24H23F6N3O3S. The first-order valence-corrected chi connectivity index (χ1v) is 12.1. The molecule has 0 radical (unpaired) electrons. The molecule has 0 bridgehead atoms. The second-order valence-electron chi connectivity index (χ2n) is 8.39. The van der Waals surface area contributed by atoms with Gasteiger partial charge in [-0.25, -0.2) is 4.98 Å². The first-order chi connectivity index (χ1) is 17.5. The van der Waals surface area contributed by atoms with Gasteiger partial charge in [0.25, 0.3) is 5.91 Å². The number of benzene rings is 2. The predicted molar refractivity (Wildman–Crippen MR) is 126 cm³/mol. The van der Waals surface area contributed by atoms with Crippen LogP contribution in [0.2, 0.25) is 0 Å². The van der Waals surface area contributed by atoms with Crippen molar-refractivity contribution in [2.45, 2.75) is 18.8 Å². The summed E-state index contributed by atoms with van der Waals surface area (Å²) in [6.45, 7) is 3.13. The van der Waals surface area contributed by atoms with Crippen LogP contribution in [0.5, 0.6) is 5.75 Å². The van der Waals surface area contributed by atoms with Crippen molar-refractivity contribution in [2.24, 2.45) is 0 Å². The molecule has 0 N–H and O–H groups in total. The maximum Gasteiger partial charge on any atom is 0.416 e. The van der Waals surface area contributed by atoms with Gasteiger partial charge in [-0.2, -0.15) is 26.3 Å². The third kappa shape index (κ3) is 6.51.